The summed E-state index contributed by atoms with van der Waals surface area (Å²) in [6.45, 7) is 0.0335. The van der Waals surface area contributed by atoms with Crippen LogP contribution in [0.2, 0.25) is 0 Å². The molecule has 4 heteroatoms. The third-order valence-corrected chi connectivity index (χ3v) is 2.21. The number of benzene rings is 1. The van der Waals surface area contributed by atoms with Gasteiger partial charge in [-0.25, -0.2) is 0 Å². The van der Waals surface area contributed by atoms with Crippen molar-refractivity contribution in [2.45, 2.75) is 0 Å². The number of hydrogen-bond donors (Lipinski definition) is 0. The molecular formula is C10H9NO3. The average Bonchev–Trinajstić information content (AvgIpc) is 2.23. The quantitative estimate of drug-likeness (QED) is 0.618. The molecule has 1 aromatic carbocycles. The van der Waals surface area contributed by atoms with Gasteiger partial charge < -0.3 is 9.64 Å². The zero-order valence-corrected chi connectivity index (χ0v) is 7.69. The Morgan fingerprint density at radius 3 is 3.00 bits per heavy atom. The fourth-order valence-electron chi connectivity index (χ4n) is 1.37. The number of amides is 1. The van der Waals surface area contributed by atoms with E-state index in [1.54, 1.807) is 25.2 Å². The number of carbonyl (C=O) groups excluding carboxylic acids is 2. The second kappa shape index (κ2) is 3.14. The van der Waals surface area contributed by atoms with Gasteiger partial charge in [-0.2, -0.15) is 0 Å². The zero-order valence-electron chi connectivity index (χ0n) is 7.69. The van der Waals surface area contributed by atoms with Crippen molar-refractivity contribution in [2.24, 2.45) is 0 Å². The van der Waals surface area contributed by atoms with Crippen molar-refractivity contribution >= 4 is 17.9 Å². The Bertz CT molecular complexity index is 400. The molecule has 1 heterocycles. The highest BCUT2D eigenvalue weighted by Gasteiger charge is 2.21. The van der Waals surface area contributed by atoms with E-state index in [-0.39, 0.29) is 12.5 Å². The minimum atomic E-state index is -0.0867. The molecule has 0 aromatic heterocycles. The topological polar surface area (TPSA) is 46.6 Å². The van der Waals surface area contributed by atoms with Crippen molar-refractivity contribution in [3.63, 3.8) is 0 Å². The maximum absolute atomic E-state index is 11.2. The molecule has 0 spiro atoms. The summed E-state index contributed by atoms with van der Waals surface area (Å²) in [5.41, 5.74) is 1.25. The first kappa shape index (κ1) is 8.74. The molecule has 0 atom stereocenters. The van der Waals surface area contributed by atoms with Crippen LogP contribution in [0.4, 0.5) is 5.69 Å². The van der Waals surface area contributed by atoms with Crippen LogP contribution in [0.5, 0.6) is 5.75 Å². The van der Waals surface area contributed by atoms with Gasteiger partial charge in [-0.05, 0) is 18.2 Å². The van der Waals surface area contributed by atoms with Crippen LogP contribution in [0.3, 0.4) is 0 Å². The number of nitrogens with zero attached hydrogens (tertiary/aromatic N) is 1. The largest absolute Gasteiger partial charge is 0.482 e. The second-order valence-electron chi connectivity index (χ2n) is 3.09. The predicted octanol–water partition coefficient (Wildman–Crippen LogP) is 0.854. The van der Waals surface area contributed by atoms with Gasteiger partial charge in [-0.15, -0.1) is 0 Å². The van der Waals surface area contributed by atoms with Gasteiger partial charge in [-0.3, -0.25) is 9.59 Å². The first-order chi connectivity index (χ1) is 6.72. The molecule has 0 radical (unpaired) electrons. The Morgan fingerprint density at radius 1 is 1.50 bits per heavy atom. The molecule has 0 saturated carbocycles. The molecule has 0 unspecified atom stereocenters. The van der Waals surface area contributed by atoms with Crippen molar-refractivity contribution in [1.29, 1.82) is 0 Å². The van der Waals surface area contributed by atoms with E-state index in [9.17, 15) is 9.59 Å². The van der Waals surface area contributed by atoms with Crippen LogP contribution >= 0.6 is 0 Å². The predicted molar refractivity (Wildman–Crippen MR) is 50.7 cm³/mol. The summed E-state index contributed by atoms with van der Waals surface area (Å²) in [7, 11) is 1.68. The van der Waals surface area contributed by atoms with Gasteiger partial charge in [0.2, 0.25) is 0 Å². The van der Waals surface area contributed by atoms with E-state index in [0.29, 0.717) is 17.0 Å². The fraction of sp³-hybridized carbons (Fsp3) is 0.200. The van der Waals surface area contributed by atoms with Gasteiger partial charge >= 0.3 is 0 Å². The highest BCUT2D eigenvalue weighted by Crippen LogP contribution is 2.31. The van der Waals surface area contributed by atoms with Crippen LogP contribution in [0.25, 0.3) is 0 Å². The van der Waals surface area contributed by atoms with Crippen molar-refractivity contribution in [3.8, 4) is 5.75 Å². The Hall–Kier alpha value is -1.84. The van der Waals surface area contributed by atoms with E-state index >= 15 is 0 Å². The fourth-order valence-corrected chi connectivity index (χ4v) is 1.37. The third-order valence-electron chi connectivity index (χ3n) is 2.21. The SMILES string of the molecule is CN1C(=O)COc2cc(C=O)ccc21. The van der Waals surface area contributed by atoms with Crippen molar-refractivity contribution in [2.75, 3.05) is 18.6 Å². The molecule has 0 N–H and O–H groups in total. The van der Waals surface area contributed by atoms with E-state index in [2.05, 4.69) is 0 Å². The molecule has 72 valence electrons. The molecular weight excluding hydrogens is 182 g/mol. The van der Waals surface area contributed by atoms with Gasteiger partial charge in [0.25, 0.3) is 5.91 Å². The molecule has 1 aliphatic heterocycles. The zero-order chi connectivity index (χ0) is 10.1. The molecule has 1 amide bonds. The highest BCUT2D eigenvalue weighted by molar-refractivity contribution is 5.97. The number of anilines is 1. The van der Waals surface area contributed by atoms with Gasteiger partial charge in [0.15, 0.2) is 6.61 Å². The van der Waals surface area contributed by atoms with Crippen LogP contribution in [0.1, 0.15) is 10.4 Å². The number of rotatable bonds is 1. The molecule has 4 nitrogen and oxygen atoms in total. The molecule has 0 saturated heterocycles. The first-order valence-electron chi connectivity index (χ1n) is 4.21. The second-order valence-corrected chi connectivity index (χ2v) is 3.09. The van der Waals surface area contributed by atoms with Crippen molar-refractivity contribution in [3.05, 3.63) is 23.8 Å². The van der Waals surface area contributed by atoms with Crippen LogP contribution in [0.15, 0.2) is 18.2 Å². The maximum atomic E-state index is 11.2. The molecule has 0 aliphatic carbocycles. The van der Waals surface area contributed by atoms with Crippen LogP contribution in [-0.4, -0.2) is 25.8 Å². The molecule has 0 fully saturated rings. The summed E-state index contributed by atoms with van der Waals surface area (Å²) >= 11 is 0. The number of aldehydes is 1. The van der Waals surface area contributed by atoms with Gasteiger partial charge in [0.05, 0.1) is 5.69 Å². The lowest BCUT2D eigenvalue weighted by Crippen LogP contribution is -2.35. The smallest absolute Gasteiger partial charge is 0.264 e. The first-order valence-corrected chi connectivity index (χ1v) is 4.21. The summed E-state index contributed by atoms with van der Waals surface area (Å²) in [6.07, 6.45) is 0.750. The summed E-state index contributed by atoms with van der Waals surface area (Å²) in [4.78, 5) is 23.3. The van der Waals surface area contributed by atoms with E-state index in [1.807, 2.05) is 0 Å². The van der Waals surface area contributed by atoms with Gasteiger partial charge in [-0.1, -0.05) is 0 Å². The molecule has 14 heavy (non-hydrogen) atoms. The molecule has 1 aromatic rings. The lowest BCUT2D eigenvalue weighted by atomic mass is 10.2. The van der Waals surface area contributed by atoms with Gasteiger partial charge in [0, 0.05) is 12.6 Å². The normalized spacial score (nSPS) is 14.6. The number of hydrogen-bond acceptors (Lipinski definition) is 3. The maximum Gasteiger partial charge on any atom is 0.264 e. The molecule has 0 bridgehead atoms. The van der Waals surface area contributed by atoms with E-state index in [4.69, 9.17) is 4.74 Å². The van der Waals surface area contributed by atoms with Crippen LogP contribution in [-0.2, 0) is 4.79 Å². The third kappa shape index (κ3) is 1.25. The Kier molecular flexibility index (Phi) is 1.96. The summed E-state index contributed by atoms with van der Waals surface area (Å²) in [6, 6.07) is 4.99. The van der Waals surface area contributed by atoms with E-state index in [0.717, 1.165) is 6.29 Å². The minimum Gasteiger partial charge on any atom is -0.482 e. The minimum absolute atomic E-state index is 0.0335. The Balaban J connectivity index is 2.48. The lowest BCUT2D eigenvalue weighted by Gasteiger charge is -2.25. The Labute approximate surface area is 81.1 Å². The molecule has 1 aliphatic rings. The summed E-state index contributed by atoms with van der Waals surface area (Å²) < 4.78 is 5.20. The molecule has 2 rings (SSSR count). The number of ether oxygens (including phenoxy) is 1. The standard InChI is InChI=1S/C10H9NO3/c1-11-8-3-2-7(5-12)4-9(8)14-6-10(11)13/h2-5H,6H2,1H3. The summed E-state index contributed by atoms with van der Waals surface area (Å²) in [5.74, 6) is 0.494. The van der Waals surface area contributed by atoms with Gasteiger partial charge in [0.1, 0.15) is 12.0 Å². The number of carbonyl (C=O) groups is 2. The van der Waals surface area contributed by atoms with Crippen molar-refractivity contribution in [1.82, 2.24) is 0 Å². The van der Waals surface area contributed by atoms with Crippen LogP contribution < -0.4 is 9.64 Å². The highest BCUT2D eigenvalue weighted by atomic mass is 16.5. The lowest BCUT2D eigenvalue weighted by molar-refractivity contribution is -0.120. The number of likely N-dealkylation sites (N-methyl/N-ethyl adjacent to an activating group) is 1. The van der Waals surface area contributed by atoms with E-state index < -0.39 is 0 Å². The Morgan fingerprint density at radius 2 is 2.29 bits per heavy atom. The number of fused-ring (bicyclic) bond motifs is 1. The summed E-state index contributed by atoms with van der Waals surface area (Å²) in [5, 5.41) is 0. The van der Waals surface area contributed by atoms with E-state index in [1.165, 1.54) is 4.90 Å². The monoisotopic (exact) mass is 191 g/mol. The van der Waals surface area contributed by atoms with Crippen molar-refractivity contribution < 1.29 is 14.3 Å². The average molecular weight is 191 g/mol. The van der Waals surface area contributed by atoms with Crippen LogP contribution in [0, 0.1) is 0 Å².